The van der Waals surface area contributed by atoms with Crippen LogP contribution in [-0.4, -0.2) is 30.6 Å². The van der Waals surface area contributed by atoms with Crippen LogP contribution in [0.25, 0.3) is 22.4 Å². The van der Waals surface area contributed by atoms with Gasteiger partial charge in [0.05, 0.1) is 27.0 Å². The second kappa shape index (κ2) is 8.56. The highest BCUT2D eigenvalue weighted by molar-refractivity contribution is 7.32. The molecular formula is C19H19NO6PS+. The Kier molecular flexibility index (Phi) is 6.14. The van der Waals surface area contributed by atoms with E-state index < -0.39 is 8.25 Å². The summed E-state index contributed by atoms with van der Waals surface area (Å²) in [5.41, 5.74) is 4.20. The standard InChI is InChI=1S/C19H18NO6PS/c1-11-7-13(9-17(24-3)19(11)25-4)18-14(10-28-20-18)12-5-6-15(23-2)16(8-12)26-27(21)22/h5-10H,1-4H3/p+1. The average Bonchev–Trinajstić information content (AvgIpc) is 3.16. The van der Waals surface area contributed by atoms with E-state index in [1.807, 2.05) is 30.5 Å². The molecule has 0 saturated heterocycles. The molecule has 0 fully saturated rings. The molecule has 1 N–H and O–H groups in total. The zero-order valence-corrected chi connectivity index (χ0v) is 17.5. The highest BCUT2D eigenvalue weighted by Crippen LogP contribution is 2.42. The summed E-state index contributed by atoms with van der Waals surface area (Å²) in [6.45, 7) is 1.94. The Morgan fingerprint density at radius 1 is 0.964 bits per heavy atom. The van der Waals surface area contributed by atoms with E-state index in [0.717, 1.165) is 27.9 Å². The number of benzene rings is 2. The van der Waals surface area contributed by atoms with Gasteiger partial charge >= 0.3 is 8.25 Å². The number of rotatable bonds is 7. The van der Waals surface area contributed by atoms with Crippen molar-refractivity contribution in [2.24, 2.45) is 0 Å². The Labute approximate surface area is 167 Å². The van der Waals surface area contributed by atoms with Crippen molar-refractivity contribution in [3.8, 4) is 45.4 Å². The summed E-state index contributed by atoms with van der Waals surface area (Å²) in [6, 6.07) is 9.03. The number of hydrogen-bond acceptors (Lipinski definition) is 7. The average molecular weight is 420 g/mol. The quantitative estimate of drug-likeness (QED) is 0.547. The molecule has 0 amide bonds. The van der Waals surface area contributed by atoms with Gasteiger partial charge in [-0.15, -0.1) is 4.89 Å². The summed E-state index contributed by atoms with van der Waals surface area (Å²) >= 11 is 1.31. The molecule has 0 aliphatic rings. The van der Waals surface area contributed by atoms with Crippen LogP contribution in [-0.2, 0) is 4.57 Å². The van der Waals surface area contributed by atoms with E-state index in [4.69, 9.17) is 23.6 Å². The van der Waals surface area contributed by atoms with Crippen LogP contribution < -0.4 is 18.7 Å². The van der Waals surface area contributed by atoms with Gasteiger partial charge in [0.1, 0.15) is 0 Å². The first-order valence-electron chi connectivity index (χ1n) is 8.18. The maximum atomic E-state index is 11.1. The predicted octanol–water partition coefficient (Wildman–Crippen LogP) is 4.84. The van der Waals surface area contributed by atoms with Crippen LogP contribution in [0.2, 0.25) is 0 Å². The van der Waals surface area contributed by atoms with E-state index in [0.29, 0.717) is 17.2 Å². The van der Waals surface area contributed by atoms with E-state index in [1.165, 1.54) is 18.6 Å². The Hall–Kier alpha value is -2.67. The van der Waals surface area contributed by atoms with Crippen molar-refractivity contribution >= 4 is 19.8 Å². The van der Waals surface area contributed by atoms with Gasteiger partial charge in [-0.1, -0.05) is 6.07 Å². The molecule has 9 heteroatoms. The molecule has 0 spiro atoms. The second-order valence-corrected chi connectivity index (χ2v) is 7.09. The fraction of sp³-hybridized carbons (Fsp3) is 0.211. The summed E-state index contributed by atoms with van der Waals surface area (Å²) in [4.78, 5) is 9.11. The van der Waals surface area contributed by atoms with Crippen molar-refractivity contribution in [3.05, 3.63) is 41.3 Å². The van der Waals surface area contributed by atoms with Gasteiger partial charge in [0.25, 0.3) is 0 Å². The predicted molar refractivity (Wildman–Crippen MR) is 108 cm³/mol. The zero-order valence-electron chi connectivity index (χ0n) is 15.8. The summed E-state index contributed by atoms with van der Waals surface area (Å²) < 4.78 is 36.7. The lowest BCUT2D eigenvalue weighted by molar-refractivity contribution is 0.353. The Morgan fingerprint density at radius 2 is 1.68 bits per heavy atom. The minimum atomic E-state index is -2.81. The third-order valence-electron chi connectivity index (χ3n) is 4.16. The molecule has 3 aromatic rings. The lowest BCUT2D eigenvalue weighted by atomic mass is 9.99. The summed E-state index contributed by atoms with van der Waals surface area (Å²) in [6.07, 6.45) is 0. The largest absolute Gasteiger partial charge is 0.747 e. The fourth-order valence-electron chi connectivity index (χ4n) is 2.94. The molecule has 1 atom stereocenters. The highest BCUT2D eigenvalue weighted by atomic mass is 32.1. The van der Waals surface area contributed by atoms with E-state index in [1.54, 1.807) is 26.4 Å². The Balaban J connectivity index is 2.10. The number of nitrogens with zero attached hydrogens (tertiary/aromatic N) is 1. The maximum Gasteiger partial charge on any atom is 0.747 e. The fourth-order valence-corrected chi connectivity index (χ4v) is 3.97. The minimum Gasteiger partial charge on any atom is -0.493 e. The monoisotopic (exact) mass is 420 g/mol. The SMILES string of the molecule is COc1ccc(-c2csnc2-c2cc(C)c(OC)c(OC)c2)cc1O[P+](=O)O. The lowest BCUT2D eigenvalue weighted by Gasteiger charge is -2.13. The van der Waals surface area contributed by atoms with Crippen LogP contribution in [0.1, 0.15) is 5.56 Å². The van der Waals surface area contributed by atoms with Crippen molar-refractivity contribution in [3.63, 3.8) is 0 Å². The van der Waals surface area contributed by atoms with Crippen molar-refractivity contribution in [2.45, 2.75) is 6.92 Å². The smallest absolute Gasteiger partial charge is 0.493 e. The van der Waals surface area contributed by atoms with Crippen molar-refractivity contribution < 1.29 is 28.2 Å². The molecule has 28 heavy (non-hydrogen) atoms. The molecule has 0 bridgehead atoms. The third kappa shape index (κ3) is 3.94. The first kappa shape index (κ1) is 20.1. The van der Waals surface area contributed by atoms with Crippen LogP contribution in [0.3, 0.4) is 0 Å². The normalized spacial score (nSPS) is 11.1. The molecule has 1 unspecified atom stereocenters. The van der Waals surface area contributed by atoms with Gasteiger partial charge in [-0.05, 0) is 53.8 Å². The van der Waals surface area contributed by atoms with Gasteiger partial charge in [-0.25, -0.2) is 4.52 Å². The molecule has 0 saturated carbocycles. The van der Waals surface area contributed by atoms with E-state index in [-0.39, 0.29) is 5.75 Å². The number of ether oxygens (including phenoxy) is 3. The molecule has 0 aliphatic carbocycles. The molecule has 3 rings (SSSR count). The molecule has 7 nitrogen and oxygen atoms in total. The molecule has 0 aliphatic heterocycles. The van der Waals surface area contributed by atoms with Gasteiger partial charge < -0.3 is 14.2 Å². The number of methoxy groups -OCH3 is 3. The van der Waals surface area contributed by atoms with Crippen LogP contribution >= 0.6 is 19.8 Å². The lowest BCUT2D eigenvalue weighted by Crippen LogP contribution is -1.95. The number of aromatic nitrogens is 1. The summed E-state index contributed by atoms with van der Waals surface area (Å²) in [5, 5.41) is 1.91. The molecule has 146 valence electrons. The molecule has 1 heterocycles. The molecule has 1 aromatic heterocycles. The molecular weight excluding hydrogens is 401 g/mol. The molecule has 0 radical (unpaired) electrons. The second-order valence-electron chi connectivity index (χ2n) is 5.80. The Bertz CT molecular complexity index is 1020. The van der Waals surface area contributed by atoms with Crippen molar-refractivity contribution in [1.82, 2.24) is 4.37 Å². The van der Waals surface area contributed by atoms with E-state index >= 15 is 0 Å². The van der Waals surface area contributed by atoms with Crippen LogP contribution in [0.5, 0.6) is 23.0 Å². The Morgan fingerprint density at radius 3 is 2.32 bits per heavy atom. The van der Waals surface area contributed by atoms with E-state index in [2.05, 4.69) is 4.37 Å². The first-order chi connectivity index (χ1) is 13.5. The maximum absolute atomic E-state index is 11.1. The zero-order chi connectivity index (χ0) is 20.3. The number of hydrogen-bond donors (Lipinski definition) is 1. The highest BCUT2D eigenvalue weighted by Gasteiger charge is 2.21. The third-order valence-corrected chi connectivity index (χ3v) is 5.14. The van der Waals surface area contributed by atoms with Gasteiger partial charge in [-0.2, -0.15) is 4.37 Å². The van der Waals surface area contributed by atoms with Crippen LogP contribution in [0.15, 0.2) is 35.7 Å². The van der Waals surface area contributed by atoms with E-state index in [9.17, 15) is 4.57 Å². The van der Waals surface area contributed by atoms with Crippen molar-refractivity contribution in [1.29, 1.82) is 0 Å². The van der Waals surface area contributed by atoms with Crippen LogP contribution in [0, 0.1) is 6.92 Å². The minimum absolute atomic E-state index is 0.184. The van der Waals surface area contributed by atoms with Gasteiger partial charge in [-0.3, -0.25) is 0 Å². The van der Waals surface area contributed by atoms with Gasteiger partial charge in [0.2, 0.25) is 5.75 Å². The summed E-state index contributed by atoms with van der Waals surface area (Å²) in [5.74, 6) is 1.85. The molecule has 2 aromatic carbocycles. The summed E-state index contributed by atoms with van der Waals surface area (Å²) in [7, 11) is 1.85. The topological polar surface area (TPSA) is 87.1 Å². The van der Waals surface area contributed by atoms with Crippen molar-refractivity contribution in [2.75, 3.05) is 21.3 Å². The van der Waals surface area contributed by atoms with Gasteiger partial charge in [0, 0.05) is 21.1 Å². The van der Waals surface area contributed by atoms with Crippen LogP contribution in [0.4, 0.5) is 0 Å². The number of aryl methyl sites for hydroxylation is 1. The first-order valence-corrected chi connectivity index (χ1v) is 10.1. The van der Waals surface area contributed by atoms with Gasteiger partial charge in [0.15, 0.2) is 17.2 Å².